The molecule has 15 heavy (non-hydrogen) atoms. The summed E-state index contributed by atoms with van der Waals surface area (Å²) in [5.74, 6) is -0.391. The zero-order valence-corrected chi connectivity index (χ0v) is 9.41. The van der Waals surface area contributed by atoms with E-state index in [1.807, 2.05) is 26.8 Å². The number of aromatic nitrogens is 1. The topological polar surface area (TPSA) is 39.2 Å². The van der Waals surface area contributed by atoms with Crippen LogP contribution in [0, 0.1) is 6.92 Å². The molecule has 1 radical (unpaired) electrons. The van der Waals surface area contributed by atoms with Crippen LogP contribution in [0.15, 0.2) is 18.3 Å². The molecule has 81 valence electrons. The van der Waals surface area contributed by atoms with E-state index in [0.29, 0.717) is 12.1 Å². The van der Waals surface area contributed by atoms with E-state index >= 15 is 0 Å². The van der Waals surface area contributed by atoms with Gasteiger partial charge in [0.05, 0.1) is 0 Å². The summed E-state index contributed by atoms with van der Waals surface area (Å²) in [5.41, 5.74) is 0.830. The Morgan fingerprint density at radius 1 is 1.53 bits per heavy atom. The largest absolute Gasteiger partial charge is 0.455 e. The van der Waals surface area contributed by atoms with E-state index in [1.54, 1.807) is 12.3 Å². The number of carbonyl (C=O) groups excluding carboxylic acids is 1. The van der Waals surface area contributed by atoms with Crippen molar-refractivity contribution in [3.8, 4) is 0 Å². The van der Waals surface area contributed by atoms with Gasteiger partial charge >= 0.3 is 5.97 Å². The van der Waals surface area contributed by atoms with Gasteiger partial charge in [0.2, 0.25) is 0 Å². The van der Waals surface area contributed by atoms with Gasteiger partial charge in [0.15, 0.2) is 0 Å². The predicted molar refractivity (Wildman–Crippen MR) is 58.5 cm³/mol. The van der Waals surface area contributed by atoms with E-state index in [0.717, 1.165) is 5.56 Å². The molecule has 0 atom stereocenters. The van der Waals surface area contributed by atoms with Gasteiger partial charge in [-0.15, -0.1) is 0 Å². The lowest BCUT2D eigenvalue weighted by Crippen LogP contribution is -2.24. The first-order valence-electron chi connectivity index (χ1n) is 4.90. The number of ether oxygens (including phenoxy) is 1. The molecule has 0 aliphatic heterocycles. The lowest BCUT2D eigenvalue weighted by molar-refractivity contribution is 0.00627. The molecular weight excluding hydrogens is 190 g/mol. The molecule has 0 amide bonds. The fourth-order valence-electron chi connectivity index (χ4n) is 1.07. The van der Waals surface area contributed by atoms with Crippen LogP contribution >= 0.6 is 0 Å². The molecule has 1 aromatic heterocycles. The summed E-state index contributed by atoms with van der Waals surface area (Å²) < 4.78 is 5.20. The van der Waals surface area contributed by atoms with Crippen molar-refractivity contribution in [2.24, 2.45) is 0 Å². The third-order valence-electron chi connectivity index (χ3n) is 1.72. The van der Waals surface area contributed by atoms with Crippen molar-refractivity contribution in [2.75, 3.05) is 0 Å². The molecule has 0 spiro atoms. The SMILES string of the molecule is [CH2]Cc1ccnc(C(=O)OC(C)(C)C)c1. The quantitative estimate of drug-likeness (QED) is 0.697. The lowest BCUT2D eigenvalue weighted by Gasteiger charge is -2.19. The zero-order chi connectivity index (χ0) is 11.5. The van der Waals surface area contributed by atoms with E-state index < -0.39 is 11.6 Å². The Labute approximate surface area is 90.5 Å². The number of rotatable bonds is 2. The van der Waals surface area contributed by atoms with Crippen LogP contribution in [0.5, 0.6) is 0 Å². The first-order valence-corrected chi connectivity index (χ1v) is 4.90. The van der Waals surface area contributed by atoms with Crippen LogP contribution in [0.2, 0.25) is 0 Å². The maximum Gasteiger partial charge on any atom is 0.357 e. The van der Waals surface area contributed by atoms with Gasteiger partial charge in [-0.2, -0.15) is 0 Å². The maximum absolute atomic E-state index is 11.6. The molecule has 3 nitrogen and oxygen atoms in total. The number of pyridine rings is 1. The lowest BCUT2D eigenvalue weighted by atomic mass is 10.1. The molecule has 0 aromatic carbocycles. The average Bonchev–Trinajstić information content (AvgIpc) is 2.15. The van der Waals surface area contributed by atoms with Crippen LogP contribution in [0.4, 0.5) is 0 Å². The standard InChI is InChI=1S/C12H16NO2/c1-5-9-6-7-13-10(8-9)11(14)15-12(2,3)4/h6-8H,1,5H2,2-4H3. The fraction of sp³-hybridized carbons (Fsp3) is 0.417. The number of carbonyl (C=O) groups is 1. The van der Waals surface area contributed by atoms with E-state index in [9.17, 15) is 4.79 Å². The van der Waals surface area contributed by atoms with Gasteiger partial charge in [0.1, 0.15) is 11.3 Å². The summed E-state index contributed by atoms with van der Waals surface area (Å²) in [6, 6.07) is 3.54. The summed E-state index contributed by atoms with van der Waals surface area (Å²) >= 11 is 0. The van der Waals surface area contributed by atoms with Gasteiger partial charge in [-0.3, -0.25) is 0 Å². The number of nitrogens with zero attached hydrogens (tertiary/aromatic N) is 1. The Kier molecular flexibility index (Phi) is 3.45. The van der Waals surface area contributed by atoms with Crippen molar-refractivity contribution in [3.63, 3.8) is 0 Å². The molecule has 0 unspecified atom stereocenters. The number of esters is 1. The second kappa shape index (κ2) is 4.43. The van der Waals surface area contributed by atoms with Crippen LogP contribution in [0.25, 0.3) is 0 Å². The van der Waals surface area contributed by atoms with E-state index in [-0.39, 0.29) is 0 Å². The van der Waals surface area contributed by atoms with Gasteiger partial charge in [-0.1, -0.05) is 0 Å². The molecule has 1 heterocycles. The van der Waals surface area contributed by atoms with Crippen molar-refractivity contribution in [3.05, 3.63) is 36.5 Å². The molecule has 0 fully saturated rings. The molecule has 0 N–H and O–H groups in total. The van der Waals surface area contributed by atoms with Crippen molar-refractivity contribution in [1.82, 2.24) is 4.98 Å². The minimum absolute atomic E-state index is 0.339. The van der Waals surface area contributed by atoms with E-state index in [2.05, 4.69) is 11.9 Å². The molecule has 0 aliphatic rings. The van der Waals surface area contributed by atoms with Crippen molar-refractivity contribution >= 4 is 5.97 Å². The van der Waals surface area contributed by atoms with Crippen LogP contribution in [0.1, 0.15) is 36.8 Å². The summed E-state index contributed by atoms with van der Waals surface area (Å²) in [6.07, 6.45) is 2.23. The van der Waals surface area contributed by atoms with Crippen LogP contribution in [-0.4, -0.2) is 16.6 Å². The summed E-state index contributed by atoms with van der Waals surface area (Å²) in [4.78, 5) is 15.6. The normalized spacial score (nSPS) is 11.2. The van der Waals surface area contributed by atoms with Gasteiger partial charge in [-0.05, 0) is 51.8 Å². The Bertz CT molecular complexity index is 353. The Hall–Kier alpha value is -1.38. The molecule has 0 bridgehead atoms. The highest BCUT2D eigenvalue weighted by molar-refractivity contribution is 5.87. The first-order chi connectivity index (χ1) is 6.92. The Morgan fingerprint density at radius 2 is 2.20 bits per heavy atom. The highest BCUT2D eigenvalue weighted by Gasteiger charge is 2.18. The monoisotopic (exact) mass is 206 g/mol. The zero-order valence-electron chi connectivity index (χ0n) is 9.41. The molecule has 1 rings (SSSR count). The Balaban J connectivity index is 2.82. The second-order valence-electron chi connectivity index (χ2n) is 4.30. The van der Waals surface area contributed by atoms with Crippen LogP contribution in [0.3, 0.4) is 0 Å². The molecular formula is C12H16NO2. The Morgan fingerprint density at radius 3 is 2.73 bits per heavy atom. The smallest absolute Gasteiger partial charge is 0.357 e. The van der Waals surface area contributed by atoms with Crippen molar-refractivity contribution in [1.29, 1.82) is 0 Å². The van der Waals surface area contributed by atoms with Crippen LogP contribution in [-0.2, 0) is 11.2 Å². The highest BCUT2D eigenvalue weighted by Crippen LogP contribution is 2.11. The molecule has 0 saturated heterocycles. The number of hydrogen-bond acceptors (Lipinski definition) is 3. The minimum Gasteiger partial charge on any atom is -0.455 e. The first kappa shape index (κ1) is 11.7. The highest BCUT2D eigenvalue weighted by atomic mass is 16.6. The molecule has 3 heteroatoms. The maximum atomic E-state index is 11.6. The fourth-order valence-corrected chi connectivity index (χ4v) is 1.07. The van der Waals surface area contributed by atoms with E-state index in [4.69, 9.17) is 4.74 Å². The third kappa shape index (κ3) is 3.70. The number of hydrogen-bond donors (Lipinski definition) is 0. The molecule has 1 aromatic rings. The third-order valence-corrected chi connectivity index (χ3v) is 1.72. The molecule has 0 saturated carbocycles. The van der Waals surface area contributed by atoms with Gasteiger partial charge in [0, 0.05) is 6.20 Å². The molecule has 0 aliphatic carbocycles. The van der Waals surface area contributed by atoms with Crippen molar-refractivity contribution < 1.29 is 9.53 Å². The predicted octanol–water partition coefficient (Wildman–Crippen LogP) is 2.41. The van der Waals surface area contributed by atoms with Gasteiger partial charge < -0.3 is 4.74 Å². The van der Waals surface area contributed by atoms with Crippen LogP contribution < -0.4 is 0 Å². The van der Waals surface area contributed by atoms with Gasteiger partial charge in [-0.25, -0.2) is 9.78 Å². The minimum atomic E-state index is -0.487. The average molecular weight is 206 g/mol. The summed E-state index contributed by atoms with van der Waals surface area (Å²) in [7, 11) is 0. The van der Waals surface area contributed by atoms with E-state index in [1.165, 1.54) is 0 Å². The summed E-state index contributed by atoms with van der Waals surface area (Å²) in [5, 5.41) is 0. The summed E-state index contributed by atoms with van der Waals surface area (Å²) in [6.45, 7) is 9.24. The van der Waals surface area contributed by atoms with Gasteiger partial charge in [0.25, 0.3) is 0 Å². The second-order valence-corrected chi connectivity index (χ2v) is 4.30. The van der Waals surface area contributed by atoms with Crippen molar-refractivity contribution in [2.45, 2.75) is 32.8 Å².